The van der Waals surface area contributed by atoms with Crippen molar-refractivity contribution in [3.8, 4) is 0 Å². The van der Waals surface area contributed by atoms with Crippen LogP contribution in [0.25, 0.3) is 0 Å². The molecule has 0 amide bonds. The number of aliphatic imine (C=N–C) groups is 1. The second-order valence-electron chi connectivity index (χ2n) is 4.41. The standard InChI is InChI=1S/C13H25NSe/c1-15-13-11-9-7-5-3-2-4-6-8-10-12-14-13/h2-12H2,1H3. The fourth-order valence-corrected chi connectivity index (χ4v) is 3.27. The van der Waals surface area contributed by atoms with Crippen molar-refractivity contribution < 1.29 is 0 Å². The van der Waals surface area contributed by atoms with Crippen molar-refractivity contribution in [1.29, 1.82) is 0 Å². The summed E-state index contributed by atoms with van der Waals surface area (Å²) in [6, 6.07) is 0. The third-order valence-corrected chi connectivity index (χ3v) is 4.76. The van der Waals surface area contributed by atoms with Gasteiger partial charge in [0, 0.05) is 0 Å². The first-order valence-electron chi connectivity index (χ1n) is 6.51. The summed E-state index contributed by atoms with van der Waals surface area (Å²) in [5.41, 5.74) is 0. The molecule has 0 bridgehead atoms. The Balaban J connectivity index is 2.28. The van der Waals surface area contributed by atoms with Crippen molar-refractivity contribution in [2.45, 2.75) is 70.0 Å². The molecule has 1 heterocycles. The molecule has 0 fully saturated rings. The zero-order valence-electron chi connectivity index (χ0n) is 10.1. The molecule has 0 saturated carbocycles. The maximum atomic E-state index is 4.75. The SMILES string of the molecule is C[Se]C1=NCCCCCCCCCCC1. The van der Waals surface area contributed by atoms with E-state index >= 15 is 0 Å². The minimum absolute atomic E-state index is 0.653. The van der Waals surface area contributed by atoms with Crippen molar-refractivity contribution in [3.05, 3.63) is 0 Å². The van der Waals surface area contributed by atoms with Crippen LogP contribution < -0.4 is 0 Å². The average molecular weight is 274 g/mol. The molecule has 1 aliphatic rings. The Morgan fingerprint density at radius 3 is 1.93 bits per heavy atom. The summed E-state index contributed by atoms with van der Waals surface area (Å²) in [6.45, 7) is 1.10. The van der Waals surface area contributed by atoms with Crippen molar-refractivity contribution in [3.63, 3.8) is 0 Å². The molecule has 88 valence electrons. The van der Waals surface area contributed by atoms with Gasteiger partial charge >= 0.3 is 101 Å². The summed E-state index contributed by atoms with van der Waals surface area (Å²) in [7, 11) is 0. The zero-order chi connectivity index (χ0) is 10.8. The van der Waals surface area contributed by atoms with Gasteiger partial charge in [0.1, 0.15) is 0 Å². The Morgan fingerprint density at radius 2 is 1.33 bits per heavy atom. The van der Waals surface area contributed by atoms with E-state index in [2.05, 4.69) is 5.82 Å². The van der Waals surface area contributed by atoms with Crippen LogP contribution in [0.5, 0.6) is 0 Å². The van der Waals surface area contributed by atoms with E-state index in [0.717, 1.165) is 6.54 Å². The molecular weight excluding hydrogens is 249 g/mol. The van der Waals surface area contributed by atoms with Crippen molar-refractivity contribution >= 4 is 19.6 Å². The van der Waals surface area contributed by atoms with E-state index in [1.807, 2.05) is 0 Å². The van der Waals surface area contributed by atoms with E-state index in [9.17, 15) is 0 Å². The van der Waals surface area contributed by atoms with Gasteiger partial charge in [-0.2, -0.15) is 0 Å². The molecule has 1 rings (SSSR count). The van der Waals surface area contributed by atoms with Crippen LogP contribution in [0.2, 0.25) is 5.82 Å². The summed E-state index contributed by atoms with van der Waals surface area (Å²) in [5.74, 6) is 2.31. The van der Waals surface area contributed by atoms with Crippen LogP contribution >= 0.6 is 0 Å². The predicted molar refractivity (Wildman–Crippen MR) is 70.1 cm³/mol. The van der Waals surface area contributed by atoms with Crippen LogP contribution in [0.3, 0.4) is 0 Å². The van der Waals surface area contributed by atoms with Crippen LogP contribution in [0, 0.1) is 0 Å². The molecule has 1 nitrogen and oxygen atoms in total. The van der Waals surface area contributed by atoms with Gasteiger partial charge in [-0.3, -0.25) is 0 Å². The van der Waals surface area contributed by atoms with E-state index in [1.165, 1.54) is 68.8 Å². The van der Waals surface area contributed by atoms with Gasteiger partial charge in [0.25, 0.3) is 0 Å². The zero-order valence-corrected chi connectivity index (χ0v) is 11.8. The Kier molecular flexibility index (Phi) is 8.32. The van der Waals surface area contributed by atoms with Gasteiger partial charge < -0.3 is 0 Å². The van der Waals surface area contributed by atoms with Gasteiger partial charge in [-0.25, -0.2) is 0 Å². The molecule has 0 N–H and O–H groups in total. The van der Waals surface area contributed by atoms with Gasteiger partial charge in [0.15, 0.2) is 0 Å². The maximum absolute atomic E-state index is 4.75. The molecule has 0 saturated heterocycles. The number of rotatable bonds is 1. The molecule has 0 aromatic rings. The van der Waals surface area contributed by atoms with Crippen molar-refractivity contribution in [2.24, 2.45) is 4.99 Å². The van der Waals surface area contributed by atoms with Crippen LogP contribution in [0.1, 0.15) is 64.2 Å². The summed E-state index contributed by atoms with van der Waals surface area (Å²) in [6.07, 6.45) is 14.1. The van der Waals surface area contributed by atoms with Crippen molar-refractivity contribution in [1.82, 2.24) is 0 Å². The van der Waals surface area contributed by atoms with E-state index in [-0.39, 0.29) is 0 Å². The molecule has 0 aromatic carbocycles. The van der Waals surface area contributed by atoms with Crippen LogP contribution in [-0.4, -0.2) is 26.1 Å². The van der Waals surface area contributed by atoms with Crippen molar-refractivity contribution in [2.75, 3.05) is 6.54 Å². The van der Waals surface area contributed by atoms with E-state index in [1.54, 1.807) is 0 Å². The molecule has 0 aliphatic carbocycles. The Hall–Kier alpha value is 0.189. The van der Waals surface area contributed by atoms with E-state index in [0.29, 0.717) is 15.0 Å². The minimum atomic E-state index is 0.653. The second-order valence-corrected chi connectivity index (χ2v) is 6.26. The fourth-order valence-electron chi connectivity index (χ4n) is 2.07. The summed E-state index contributed by atoms with van der Waals surface area (Å²) >= 11 is 0.653. The molecule has 0 aromatic heterocycles. The Bertz CT molecular complexity index is 177. The topological polar surface area (TPSA) is 12.4 Å². The molecule has 1 aliphatic heterocycles. The normalized spacial score (nSPS) is 22.1. The summed E-state index contributed by atoms with van der Waals surface area (Å²) in [5, 5.41) is 0. The average Bonchev–Trinajstić information content (AvgIpc) is 2.29. The number of hydrogen-bond donors (Lipinski definition) is 0. The first-order chi connectivity index (χ1) is 7.43. The van der Waals surface area contributed by atoms with Gasteiger partial charge in [-0.05, 0) is 0 Å². The van der Waals surface area contributed by atoms with Crippen LogP contribution in [-0.2, 0) is 0 Å². The van der Waals surface area contributed by atoms with Gasteiger partial charge in [0.05, 0.1) is 0 Å². The van der Waals surface area contributed by atoms with Gasteiger partial charge in [-0.1, -0.05) is 0 Å². The molecule has 15 heavy (non-hydrogen) atoms. The molecule has 2 heteroatoms. The van der Waals surface area contributed by atoms with Gasteiger partial charge in [0.2, 0.25) is 0 Å². The molecule has 0 unspecified atom stereocenters. The third kappa shape index (κ3) is 7.14. The van der Waals surface area contributed by atoms with E-state index < -0.39 is 0 Å². The Morgan fingerprint density at radius 1 is 0.800 bits per heavy atom. The molecule has 0 atom stereocenters. The fraction of sp³-hybridized carbons (Fsp3) is 0.923. The number of hydrogen-bond acceptors (Lipinski definition) is 1. The monoisotopic (exact) mass is 275 g/mol. The first kappa shape index (κ1) is 13.3. The Labute approximate surface area is 101 Å². The summed E-state index contributed by atoms with van der Waals surface area (Å²) in [4.78, 5) is 4.75. The third-order valence-electron chi connectivity index (χ3n) is 3.07. The predicted octanol–water partition coefficient (Wildman–Crippen LogP) is 4.05. The second kappa shape index (κ2) is 9.42. The molecule has 0 radical (unpaired) electrons. The molecular formula is C13H25NSe. The summed E-state index contributed by atoms with van der Waals surface area (Å²) < 4.78 is 1.53. The quantitative estimate of drug-likeness (QED) is 0.640. The first-order valence-corrected chi connectivity index (χ1v) is 9.08. The van der Waals surface area contributed by atoms with Gasteiger partial charge in [-0.15, -0.1) is 0 Å². The van der Waals surface area contributed by atoms with Crippen LogP contribution in [0.15, 0.2) is 4.99 Å². The van der Waals surface area contributed by atoms with Crippen LogP contribution in [0.4, 0.5) is 0 Å². The van der Waals surface area contributed by atoms with E-state index in [4.69, 9.17) is 4.99 Å². The number of nitrogens with zero attached hydrogens (tertiary/aromatic N) is 1. The molecule has 0 spiro atoms.